The highest BCUT2D eigenvalue weighted by atomic mass is 16.7. The molecule has 1 aromatic rings. The van der Waals surface area contributed by atoms with Gasteiger partial charge in [-0.25, -0.2) is 0 Å². The topological polar surface area (TPSA) is 112 Å². The Morgan fingerprint density at radius 1 is 1.19 bits per heavy atom. The first-order valence-electron chi connectivity index (χ1n) is 10.6. The monoisotopic (exact) mass is 432 g/mol. The number of fused-ring (bicyclic) bond motifs is 1. The Kier molecular flexibility index (Phi) is 6.28. The number of carbonyl (C=O) groups is 3. The van der Waals surface area contributed by atoms with Crippen LogP contribution in [-0.2, 0) is 14.4 Å². The largest absolute Gasteiger partial charge is 0.454 e. The molecular formula is C21H28N4O6. The van der Waals surface area contributed by atoms with Crippen LogP contribution in [0, 0.1) is 5.92 Å². The number of anilines is 1. The van der Waals surface area contributed by atoms with Crippen molar-refractivity contribution in [3.63, 3.8) is 0 Å². The Labute approximate surface area is 180 Å². The third kappa shape index (κ3) is 4.59. The predicted molar refractivity (Wildman–Crippen MR) is 111 cm³/mol. The standard InChI is InChI=1S/C21H28N4O6/c1-14(21(29)24-6-4-23(5-7-24)8-9-26)22-20(28)15-10-19(27)25(12-15)16-2-3-17-18(11-16)31-13-30-17/h2-3,11,14-15,26H,4-10,12-13H2,1H3,(H,22,28). The van der Waals surface area contributed by atoms with E-state index in [4.69, 9.17) is 14.6 Å². The molecule has 168 valence electrons. The number of benzene rings is 1. The number of aliphatic hydroxyl groups excluding tert-OH is 1. The number of nitrogens with zero attached hydrogens (tertiary/aromatic N) is 3. The molecule has 3 amide bonds. The van der Waals surface area contributed by atoms with Crippen molar-refractivity contribution in [2.75, 3.05) is 57.6 Å². The molecule has 31 heavy (non-hydrogen) atoms. The lowest BCUT2D eigenvalue weighted by atomic mass is 10.1. The van der Waals surface area contributed by atoms with Gasteiger partial charge in [0.2, 0.25) is 24.5 Å². The molecule has 2 saturated heterocycles. The normalized spacial score (nSPS) is 22.0. The van der Waals surface area contributed by atoms with Gasteiger partial charge < -0.3 is 29.7 Å². The van der Waals surface area contributed by atoms with Crippen LogP contribution >= 0.6 is 0 Å². The van der Waals surface area contributed by atoms with Crippen LogP contribution in [0.25, 0.3) is 0 Å². The summed E-state index contributed by atoms with van der Waals surface area (Å²) in [6, 6.07) is 4.60. The SMILES string of the molecule is CC(NC(=O)C1CC(=O)N(c2ccc3c(c2)OCO3)C1)C(=O)N1CCN(CCO)CC1. The molecule has 10 nitrogen and oxygen atoms in total. The number of piperazine rings is 1. The van der Waals surface area contributed by atoms with Crippen molar-refractivity contribution in [2.45, 2.75) is 19.4 Å². The lowest BCUT2D eigenvalue weighted by Crippen LogP contribution is -2.55. The summed E-state index contributed by atoms with van der Waals surface area (Å²) in [5, 5.41) is 11.8. The summed E-state index contributed by atoms with van der Waals surface area (Å²) in [6.45, 7) is 5.33. The van der Waals surface area contributed by atoms with Crippen LogP contribution in [0.5, 0.6) is 11.5 Å². The zero-order chi connectivity index (χ0) is 22.0. The Morgan fingerprint density at radius 2 is 1.94 bits per heavy atom. The quantitative estimate of drug-likeness (QED) is 0.618. The maximum atomic E-state index is 12.7. The summed E-state index contributed by atoms with van der Waals surface area (Å²) >= 11 is 0. The fourth-order valence-corrected chi connectivity index (χ4v) is 4.19. The number of carbonyl (C=O) groups excluding carboxylic acids is 3. The van der Waals surface area contributed by atoms with Gasteiger partial charge in [-0.05, 0) is 19.1 Å². The lowest BCUT2D eigenvalue weighted by Gasteiger charge is -2.35. The number of nitrogens with one attached hydrogen (secondary N) is 1. The first-order chi connectivity index (χ1) is 15.0. The Balaban J connectivity index is 1.30. The van der Waals surface area contributed by atoms with E-state index < -0.39 is 12.0 Å². The van der Waals surface area contributed by atoms with E-state index in [1.165, 1.54) is 0 Å². The Morgan fingerprint density at radius 3 is 2.68 bits per heavy atom. The van der Waals surface area contributed by atoms with Gasteiger partial charge in [-0.3, -0.25) is 19.3 Å². The van der Waals surface area contributed by atoms with Crippen LogP contribution in [0.4, 0.5) is 5.69 Å². The predicted octanol–water partition coefficient (Wildman–Crippen LogP) is -0.591. The van der Waals surface area contributed by atoms with Gasteiger partial charge in [-0.1, -0.05) is 0 Å². The molecule has 2 unspecified atom stereocenters. The van der Waals surface area contributed by atoms with E-state index in [0.717, 1.165) is 0 Å². The minimum Gasteiger partial charge on any atom is -0.454 e. The van der Waals surface area contributed by atoms with E-state index in [9.17, 15) is 14.4 Å². The Hall–Kier alpha value is -2.85. The minimum absolute atomic E-state index is 0.0982. The summed E-state index contributed by atoms with van der Waals surface area (Å²) < 4.78 is 10.7. The highest BCUT2D eigenvalue weighted by Crippen LogP contribution is 2.37. The average molecular weight is 432 g/mol. The number of aliphatic hydroxyl groups is 1. The summed E-state index contributed by atoms with van der Waals surface area (Å²) in [5.74, 6) is 0.128. The van der Waals surface area contributed by atoms with Crippen LogP contribution in [0.1, 0.15) is 13.3 Å². The number of hydrogen-bond acceptors (Lipinski definition) is 7. The van der Waals surface area contributed by atoms with Gasteiger partial charge in [-0.15, -0.1) is 0 Å². The van der Waals surface area contributed by atoms with Crippen LogP contribution in [0.15, 0.2) is 18.2 Å². The molecule has 2 atom stereocenters. The summed E-state index contributed by atoms with van der Waals surface area (Å²) in [7, 11) is 0. The van der Waals surface area contributed by atoms with Gasteiger partial charge in [0.1, 0.15) is 6.04 Å². The number of hydrogen-bond donors (Lipinski definition) is 2. The molecular weight excluding hydrogens is 404 g/mol. The molecule has 2 fully saturated rings. The van der Waals surface area contributed by atoms with Crippen LogP contribution < -0.4 is 19.7 Å². The van der Waals surface area contributed by atoms with E-state index in [2.05, 4.69) is 10.2 Å². The van der Waals surface area contributed by atoms with Crippen molar-refractivity contribution in [2.24, 2.45) is 5.92 Å². The van der Waals surface area contributed by atoms with Crippen molar-refractivity contribution in [1.82, 2.24) is 15.1 Å². The lowest BCUT2D eigenvalue weighted by molar-refractivity contribution is -0.138. The van der Waals surface area contributed by atoms with Crippen molar-refractivity contribution in [1.29, 1.82) is 0 Å². The molecule has 4 rings (SSSR count). The fourth-order valence-electron chi connectivity index (χ4n) is 4.19. The molecule has 1 aromatic carbocycles. The van der Waals surface area contributed by atoms with Crippen LogP contribution in [0.3, 0.4) is 0 Å². The highest BCUT2D eigenvalue weighted by molar-refractivity contribution is 6.01. The van der Waals surface area contributed by atoms with Crippen molar-refractivity contribution < 1.29 is 29.0 Å². The molecule has 0 aromatic heterocycles. The van der Waals surface area contributed by atoms with Gasteiger partial charge in [0.05, 0.1) is 12.5 Å². The van der Waals surface area contributed by atoms with Crippen molar-refractivity contribution >= 4 is 23.4 Å². The van der Waals surface area contributed by atoms with Crippen molar-refractivity contribution in [3.05, 3.63) is 18.2 Å². The molecule has 0 saturated carbocycles. The Bertz CT molecular complexity index is 854. The number of rotatable bonds is 6. The zero-order valence-corrected chi connectivity index (χ0v) is 17.6. The molecule has 3 aliphatic heterocycles. The molecule has 0 spiro atoms. The molecule has 10 heteroatoms. The third-order valence-electron chi connectivity index (χ3n) is 5.99. The number of ether oxygens (including phenoxy) is 2. The molecule has 2 N–H and O–H groups in total. The molecule has 0 bridgehead atoms. The van der Waals surface area contributed by atoms with Gasteiger partial charge in [-0.2, -0.15) is 0 Å². The summed E-state index contributed by atoms with van der Waals surface area (Å²) in [6.07, 6.45) is 0.0982. The first kappa shape index (κ1) is 21.4. The van der Waals surface area contributed by atoms with E-state index >= 15 is 0 Å². The number of amides is 3. The van der Waals surface area contributed by atoms with Gasteiger partial charge >= 0.3 is 0 Å². The maximum absolute atomic E-state index is 12.7. The second-order valence-electron chi connectivity index (χ2n) is 8.06. The second-order valence-corrected chi connectivity index (χ2v) is 8.06. The number of β-amino-alcohol motifs (C(OH)–C–C–N with tert-alkyl or cyclic N) is 1. The van der Waals surface area contributed by atoms with Crippen LogP contribution in [-0.4, -0.2) is 91.3 Å². The average Bonchev–Trinajstić information content (AvgIpc) is 3.39. The zero-order valence-electron chi connectivity index (χ0n) is 17.6. The molecule has 0 aliphatic carbocycles. The van der Waals surface area contributed by atoms with Gasteiger partial charge in [0.15, 0.2) is 11.5 Å². The second kappa shape index (κ2) is 9.11. The smallest absolute Gasteiger partial charge is 0.244 e. The van der Waals surface area contributed by atoms with E-state index in [0.29, 0.717) is 49.9 Å². The summed E-state index contributed by atoms with van der Waals surface area (Å²) in [5.41, 5.74) is 0.662. The first-order valence-corrected chi connectivity index (χ1v) is 10.6. The highest BCUT2D eigenvalue weighted by Gasteiger charge is 2.37. The van der Waals surface area contributed by atoms with Gasteiger partial charge in [0, 0.05) is 57.4 Å². The fraction of sp³-hybridized carbons (Fsp3) is 0.571. The summed E-state index contributed by atoms with van der Waals surface area (Å²) in [4.78, 5) is 43.4. The minimum atomic E-state index is -0.661. The van der Waals surface area contributed by atoms with E-state index in [1.54, 1.807) is 34.9 Å². The van der Waals surface area contributed by atoms with E-state index in [1.807, 2.05) is 0 Å². The van der Waals surface area contributed by atoms with Gasteiger partial charge in [0.25, 0.3) is 0 Å². The van der Waals surface area contributed by atoms with Crippen LogP contribution in [0.2, 0.25) is 0 Å². The molecule has 0 radical (unpaired) electrons. The third-order valence-corrected chi connectivity index (χ3v) is 5.99. The molecule has 3 heterocycles. The molecule has 3 aliphatic rings. The van der Waals surface area contributed by atoms with Crippen molar-refractivity contribution in [3.8, 4) is 11.5 Å². The maximum Gasteiger partial charge on any atom is 0.244 e. The van der Waals surface area contributed by atoms with E-state index in [-0.39, 0.29) is 44.1 Å².